The van der Waals surface area contributed by atoms with E-state index in [0.29, 0.717) is 7.14 Å². The van der Waals surface area contributed by atoms with Gasteiger partial charge in [-0.2, -0.15) is 0 Å². The van der Waals surface area contributed by atoms with Crippen LogP contribution in [0.1, 0.15) is 0 Å². The van der Waals surface area contributed by atoms with Crippen molar-refractivity contribution in [3.8, 4) is 0 Å². The molecule has 0 radical (unpaired) electrons. The molecule has 0 saturated carbocycles. The maximum Gasteiger partial charge on any atom is 0.343 e. The minimum atomic E-state index is -3.99. The first kappa shape index (κ1) is 14.0. The van der Waals surface area contributed by atoms with Gasteiger partial charge in [0.15, 0.2) is 0 Å². The first-order valence-electron chi connectivity index (χ1n) is 3.30. The van der Waals surface area contributed by atoms with Crippen LogP contribution in [0.15, 0.2) is 17.0 Å². The van der Waals surface area contributed by atoms with Crippen molar-refractivity contribution in [2.45, 2.75) is 4.90 Å². The minimum absolute atomic E-state index is 0.150. The van der Waals surface area contributed by atoms with Gasteiger partial charge in [-0.1, -0.05) is 0 Å². The lowest BCUT2D eigenvalue weighted by Crippen LogP contribution is -2.15. The van der Waals surface area contributed by atoms with Gasteiger partial charge in [-0.25, -0.2) is 19.7 Å². The smallest absolute Gasteiger partial charge is 0.230 e. The zero-order valence-corrected chi connectivity index (χ0v) is 14.2. The average molecular weight is 567 g/mol. The number of halogens is 3. The average Bonchev–Trinajstić information content (AvgIpc) is 1.99. The van der Waals surface area contributed by atoms with Gasteiger partial charge in [0.2, 0.25) is 10.0 Å². The van der Waals surface area contributed by atoms with Gasteiger partial charge in [0, 0.05) is 7.14 Å². The van der Waals surface area contributed by atoms with Crippen molar-refractivity contribution < 1.29 is 14.6 Å². The van der Waals surface area contributed by atoms with E-state index in [1.165, 1.54) is 6.07 Å². The molecule has 0 aliphatic carbocycles. The predicted molar refractivity (Wildman–Crippen MR) is 77.3 cm³/mol. The molecule has 0 aromatic heterocycles. The third-order valence-electron chi connectivity index (χ3n) is 1.42. The maximum absolute atomic E-state index is 11.2. The Morgan fingerprint density at radius 3 is 2.13 bits per heavy atom. The largest absolute Gasteiger partial charge is 0.343 e. The highest BCUT2D eigenvalue weighted by Crippen LogP contribution is 2.31. The summed E-state index contributed by atoms with van der Waals surface area (Å²) < 4.78 is 45.2. The summed E-state index contributed by atoms with van der Waals surface area (Å²) in [6.07, 6.45) is 0. The summed E-state index contributed by atoms with van der Waals surface area (Å²) in [6, 6.07) is 2.85. The number of nitrogens with two attached hydrogens (primary N) is 1. The molecule has 1 aromatic carbocycles. The van der Waals surface area contributed by atoms with Gasteiger partial charge in [0.1, 0.15) is 8.47 Å². The van der Waals surface area contributed by atoms with Crippen molar-refractivity contribution in [3.63, 3.8) is 0 Å². The van der Waals surface area contributed by atoms with Gasteiger partial charge in [-0.3, -0.25) is 0 Å². The van der Waals surface area contributed by atoms with Crippen LogP contribution in [0, 0.1) is 10.7 Å². The zero-order valence-electron chi connectivity index (χ0n) is 6.91. The normalized spacial score (nSPS) is 12.0. The van der Waals surface area contributed by atoms with Crippen LogP contribution < -0.4 is 5.14 Å². The van der Waals surface area contributed by atoms with Crippen molar-refractivity contribution in [3.05, 3.63) is 22.8 Å². The summed E-state index contributed by atoms with van der Waals surface area (Å²) in [6.45, 7) is 0. The number of benzene rings is 1. The quantitative estimate of drug-likeness (QED) is 0.437. The van der Waals surface area contributed by atoms with Gasteiger partial charge in [-0.15, -0.1) is 0 Å². The summed E-state index contributed by atoms with van der Waals surface area (Å²) in [4.78, 5) is -0.311. The second-order valence-electron chi connectivity index (χ2n) is 2.46. The highest BCUT2D eigenvalue weighted by Gasteiger charge is 2.21. The van der Waals surface area contributed by atoms with Crippen LogP contribution in [0.4, 0.5) is 0 Å². The SMILES string of the molecule is NS(=O)(=O)c1cc(I)cc(I)c1I(=O)=O. The molecule has 0 fully saturated rings. The van der Waals surface area contributed by atoms with Gasteiger partial charge in [0.05, 0.1) is 0 Å². The second kappa shape index (κ2) is 5.05. The molecule has 0 atom stereocenters. The van der Waals surface area contributed by atoms with E-state index < -0.39 is 29.8 Å². The molecule has 0 spiro atoms. The number of rotatable bonds is 2. The Hall–Kier alpha value is 0.920. The minimum Gasteiger partial charge on any atom is -0.230 e. The topological polar surface area (TPSA) is 94.3 Å². The standard InChI is InChI=1S/C6H4I3NO4S/c7-3-1-4(8)6(9(11)12)5(2-3)15(10,13)14/h1-2H,(H2,10,13,14). The molecule has 0 saturated heterocycles. The van der Waals surface area contributed by atoms with Crippen LogP contribution >= 0.6 is 65.0 Å². The third-order valence-corrected chi connectivity index (χ3v) is 7.27. The summed E-state index contributed by atoms with van der Waals surface area (Å²) >= 11 is -0.188. The first-order chi connectivity index (χ1) is 6.73. The summed E-state index contributed by atoms with van der Waals surface area (Å²) in [5, 5.41) is 4.95. The van der Waals surface area contributed by atoms with E-state index in [0.717, 1.165) is 0 Å². The van der Waals surface area contributed by atoms with E-state index in [2.05, 4.69) is 0 Å². The van der Waals surface area contributed by atoms with Crippen molar-refractivity contribution in [2.24, 2.45) is 5.14 Å². The molecule has 1 rings (SSSR count). The fourth-order valence-corrected chi connectivity index (χ4v) is 7.41. The van der Waals surface area contributed by atoms with Crippen molar-refractivity contribution >= 4 is 75.0 Å². The lowest BCUT2D eigenvalue weighted by molar-refractivity contribution is 0.595. The summed E-state index contributed by atoms with van der Waals surface area (Å²) in [5.41, 5.74) is 0. The molecule has 9 heteroatoms. The Morgan fingerprint density at radius 1 is 1.20 bits per heavy atom. The van der Waals surface area contributed by atoms with Crippen molar-refractivity contribution in [1.82, 2.24) is 0 Å². The molecular weight excluding hydrogens is 563 g/mol. The van der Waals surface area contributed by atoms with Crippen LogP contribution in [0.2, 0.25) is 0 Å². The van der Waals surface area contributed by atoms with E-state index in [1.807, 2.05) is 22.6 Å². The van der Waals surface area contributed by atoms with Crippen LogP contribution in [-0.2, 0) is 16.2 Å². The maximum atomic E-state index is 11.2. The highest BCUT2D eigenvalue weighted by atomic mass is 127. The molecule has 2 N–H and O–H groups in total. The molecule has 0 aliphatic heterocycles. The Kier molecular flexibility index (Phi) is 4.71. The lowest BCUT2D eigenvalue weighted by Gasteiger charge is -2.04. The number of hydrogen-bond acceptors (Lipinski definition) is 4. The Morgan fingerprint density at radius 2 is 1.73 bits per heavy atom. The van der Waals surface area contributed by atoms with Crippen LogP contribution in [0.3, 0.4) is 0 Å². The number of primary sulfonamides is 1. The Labute approximate surface area is 121 Å². The second-order valence-corrected chi connectivity index (χ2v) is 8.72. The number of sulfonamides is 1. The fraction of sp³-hybridized carbons (Fsp3) is 0. The van der Waals surface area contributed by atoms with Gasteiger partial charge < -0.3 is 0 Å². The van der Waals surface area contributed by atoms with E-state index in [-0.39, 0.29) is 8.47 Å². The number of hydrogen-bond donors (Lipinski definition) is 1. The molecule has 0 amide bonds. The molecule has 84 valence electrons. The molecule has 15 heavy (non-hydrogen) atoms. The van der Waals surface area contributed by atoms with E-state index in [9.17, 15) is 14.6 Å². The Bertz CT molecular complexity index is 570. The monoisotopic (exact) mass is 567 g/mol. The molecule has 0 aliphatic rings. The van der Waals surface area contributed by atoms with Gasteiger partial charge >= 0.3 is 19.8 Å². The molecule has 5 nitrogen and oxygen atoms in total. The molecule has 1 aromatic rings. The van der Waals surface area contributed by atoms with Crippen molar-refractivity contribution in [1.29, 1.82) is 0 Å². The molecular formula is C6H4I3NO4S. The van der Waals surface area contributed by atoms with E-state index in [1.54, 1.807) is 28.7 Å². The van der Waals surface area contributed by atoms with Gasteiger partial charge in [-0.05, 0) is 57.3 Å². The molecule has 0 unspecified atom stereocenters. The van der Waals surface area contributed by atoms with E-state index >= 15 is 0 Å². The van der Waals surface area contributed by atoms with E-state index in [4.69, 9.17) is 5.14 Å². The molecule has 0 heterocycles. The highest BCUT2D eigenvalue weighted by molar-refractivity contribution is 14.2. The van der Waals surface area contributed by atoms with Gasteiger partial charge in [0.25, 0.3) is 0 Å². The van der Waals surface area contributed by atoms with Crippen LogP contribution in [-0.4, -0.2) is 8.42 Å². The first-order valence-corrected chi connectivity index (χ1v) is 9.85. The third kappa shape index (κ3) is 3.44. The summed E-state index contributed by atoms with van der Waals surface area (Å²) in [7, 11) is -3.99. The predicted octanol–water partition coefficient (Wildman–Crippen LogP) is 1.91. The summed E-state index contributed by atoms with van der Waals surface area (Å²) in [5.74, 6) is 0. The van der Waals surface area contributed by atoms with Crippen LogP contribution in [0.5, 0.6) is 0 Å². The van der Waals surface area contributed by atoms with Crippen molar-refractivity contribution in [2.75, 3.05) is 0 Å². The zero-order chi connectivity index (χ0) is 11.8. The Balaban J connectivity index is 3.78. The van der Waals surface area contributed by atoms with Crippen LogP contribution in [0.25, 0.3) is 0 Å². The lowest BCUT2D eigenvalue weighted by atomic mass is 10.4. The molecule has 0 bridgehead atoms. The fourth-order valence-electron chi connectivity index (χ4n) is 0.889.